The molecule has 6 nitrogen and oxygen atoms in total. The maximum absolute atomic E-state index is 5.91. The van der Waals surface area contributed by atoms with Crippen LogP contribution in [0.15, 0.2) is 17.1 Å². The largest absolute Gasteiger partial charge is 0.494 e. The molecule has 0 aliphatic carbocycles. The van der Waals surface area contributed by atoms with Gasteiger partial charge in [-0.05, 0) is 58.5 Å². The van der Waals surface area contributed by atoms with Crippen molar-refractivity contribution in [2.45, 2.75) is 59.6 Å². The second kappa shape index (κ2) is 13.9. The Morgan fingerprint density at radius 1 is 1.21 bits per heavy atom. The first-order valence-electron chi connectivity index (χ1n) is 10.7. The zero-order valence-electron chi connectivity index (χ0n) is 18.7. The summed E-state index contributed by atoms with van der Waals surface area (Å²) in [6.07, 6.45) is 3.50. The van der Waals surface area contributed by atoms with E-state index in [1.807, 2.05) is 14.0 Å². The molecule has 7 heteroatoms. The number of aliphatic imine (C=N–C) groups is 1. The molecule has 0 fully saturated rings. The number of rotatable bonds is 11. The van der Waals surface area contributed by atoms with Gasteiger partial charge in [-0.2, -0.15) is 0 Å². The fourth-order valence-corrected chi connectivity index (χ4v) is 3.52. The number of ether oxygens (including phenoxy) is 2. The fourth-order valence-electron chi connectivity index (χ4n) is 3.52. The van der Waals surface area contributed by atoms with Crippen molar-refractivity contribution in [3.8, 4) is 11.5 Å². The summed E-state index contributed by atoms with van der Waals surface area (Å²) in [6.45, 7) is 14.2. The van der Waals surface area contributed by atoms with Crippen molar-refractivity contribution in [3.05, 3.63) is 23.3 Å². The van der Waals surface area contributed by atoms with E-state index in [0.29, 0.717) is 13.2 Å². The molecule has 0 bridgehead atoms. The van der Waals surface area contributed by atoms with Crippen molar-refractivity contribution in [1.29, 1.82) is 0 Å². The highest BCUT2D eigenvalue weighted by Gasteiger charge is 2.21. The summed E-state index contributed by atoms with van der Waals surface area (Å²) in [5, 5.41) is 6.81. The molecule has 0 radical (unpaired) electrons. The molecule has 166 valence electrons. The molecular weight excluding hydrogens is 479 g/mol. The Morgan fingerprint density at radius 3 is 2.62 bits per heavy atom. The molecule has 2 rings (SSSR count). The van der Waals surface area contributed by atoms with Gasteiger partial charge in [0.15, 0.2) is 5.96 Å². The molecule has 29 heavy (non-hydrogen) atoms. The summed E-state index contributed by atoms with van der Waals surface area (Å²) in [5.74, 6) is 2.73. The third-order valence-electron chi connectivity index (χ3n) is 5.14. The van der Waals surface area contributed by atoms with Crippen molar-refractivity contribution in [2.75, 3.05) is 39.8 Å². The number of nitrogens with zero attached hydrogens (tertiary/aromatic N) is 2. The first-order chi connectivity index (χ1) is 13.6. The number of hydrogen-bond donors (Lipinski definition) is 2. The van der Waals surface area contributed by atoms with E-state index in [2.05, 4.69) is 53.4 Å². The normalized spacial score (nSPS) is 15.5. The Labute approximate surface area is 193 Å². The van der Waals surface area contributed by atoms with Gasteiger partial charge in [0.05, 0.1) is 6.61 Å². The van der Waals surface area contributed by atoms with Gasteiger partial charge in [0, 0.05) is 37.7 Å². The number of fused-ring (bicyclic) bond motifs is 1. The summed E-state index contributed by atoms with van der Waals surface area (Å²) < 4.78 is 11.8. The van der Waals surface area contributed by atoms with Crippen LogP contribution in [0.5, 0.6) is 11.5 Å². The Morgan fingerprint density at radius 2 is 1.97 bits per heavy atom. The highest BCUT2D eigenvalue weighted by Crippen LogP contribution is 2.35. The number of hydrogen-bond acceptors (Lipinski definition) is 4. The minimum absolute atomic E-state index is 0. The molecular formula is C22H39IN4O2. The van der Waals surface area contributed by atoms with Crippen LogP contribution in [0.25, 0.3) is 0 Å². The third-order valence-corrected chi connectivity index (χ3v) is 5.14. The van der Waals surface area contributed by atoms with Crippen molar-refractivity contribution in [1.82, 2.24) is 15.5 Å². The summed E-state index contributed by atoms with van der Waals surface area (Å²) in [5.41, 5.74) is 2.33. The molecule has 0 amide bonds. The topological polar surface area (TPSA) is 58.1 Å². The highest BCUT2D eigenvalue weighted by atomic mass is 127. The SMILES string of the molecule is CCOc1cc2c(cc1CNC(=NC)NCCCCN(CC)CC)OC(C)C2.I. The summed E-state index contributed by atoms with van der Waals surface area (Å²) in [4.78, 5) is 6.80. The number of halogens is 1. The molecule has 1 unspecified atom stereocenters. The average Bonchev–Trinajstić information content (AvgIpc) is 3.06. The Bertz CT molecular complexity index is 635. The predicted molar refractivity (Wildman–Crippen MR) is 132 cm³/mol. The van der Waals surface area contributed by atoms with Crippen molar-refractivity contribution < 1.29 is 9.47 Å². The summed E-state index contributed by atoms with van der Waals surface area (Å²) in [6, 6.07) is 4.23. The van der Waals surface area contributed by atoms with Crippen molar-refractivity contribution in [2.24, 2.45) is 4.99 Å². The third kappa shape index (κ3) is 8.20. The van der Waals surface area contributed by atoms with Gasteiger partial charge in [-0.25, -0.2) is 0 Å². The van der Waals surface area contributed by atoms with Crippen molar-refractivity contribution >= 4 is 29.9 Å². The van der Waals surface area contributed by atoms with Crippen LogP contribution in [0.1, 0.15) is 51.7 Å². The van der Waals surface area contributed by atoms with Crippen LogP contribution in [0.4, 0.5) is 0 Å². The lowest BCUT2D eigenvalue weighted by Crippen LogP contribution is -2.37. The van der Waals surface area contributed by atoms with Crippen LogP contribution in [-0.2, 0) is 13.0 Å². The van der Waals surface area contributed by atoms with Gasteiger partial charge in [0.1, 0.15) is 17.6 Å². The van der Waals surface area contributed by atoms with Crippen LogP contribution in [0.2, 0.25) is 0 Å². The molecule has 1 aliphatic heterocycles. The minimum atomic E-state index is 0. The van der Waals surface area contributed by atoms with Gasteiger partial charge < -0.3 is 25.0 Å². The molecule has 1 aromatic rings. The molecule has 0 spiro atoms. The number of guanidine groups is 1. The van der Waals surface area contributed by atoms with Crippen LogP contribution >= 0.6 is 24.0 Å². The van der Waals surface area contributed by atoms with E-state index in [1.165, 1.54) is 12.0 Å². The summed E-state index contributed by atoms with van der Waals surface area (Å²) in [7, 11) is 1.81. The lowest BCUT2D eigenvalue weighted by atomic mass is 10.1. The fraction of sp³-hybridized carbons (Fsp3) is 0.682. The zero-order chi connectivity index (χ0) is 20.4. The molecule has 1 heterocycles. The second-order valence-electron chi connectivity index (χ2n) is 7.22. The van der Waals surface area contributed by atoms with E-state index >= 15 is 0 Å². The van der Waals surface area contributed by atoms with E-state index in [1.54, 1.807) is 0 Å². The molecule has 0 aromatic heterocycles. The van der Waals surface area contributed by atoms with Gasteiger partial charge in [-0.3, -0.25) is 4.99 Å². The Hall–Kier alpha value is -1.22. The van der Waals surface area contributed by atoms with E-state index in [4.69, 9.17) is 9.47 Å². The van der Waals surface area contributed by atoms with E-state index in [9.17, 15) is 0 Å². The first kappa shape index (κ1) is 25.8. The maximum Gasteiger partial charge on any atom is 0.191 e. The monoisotopic (exact) mass is 518 g/mol. The molecule has 2 N–H and O–H groups in total. The van der Waals surface area contributed by atoms with Gasteiger partial charge in [0.25, 0.3) is 0 Å². The van der Waals surface area contributed by atoms with Gasteiger partial charge in [0.2, 0.25) is 0 Å². The van der Waals surface area contributed by atoms with Gasteiger partial charge in [-0.15, -0.1) is 24.0 Å². The first-order valence-corrected chi connectivity index (χ1v) is 10.7. The zero-order valence-corrected chi connectivity index (χ0v) is 21.0. The molecule has 0 saturated heterocycles. The van der Waals surface area contributed by atoms with Gasteiger partial charge >= 0.3 is 0 Å². The molecule has 1 atom stereocenters. The number of nitrogens with one attached hydrogen (secondary N) is 2. The van der Waals surface area contributed by atoms with Crippen molar-refractivity contribution in [3.63, 3.8) is 0 Å². The number of unbranched alkanes of at least 4 members (excludes halogenated alkanes) is 1. The Kier molecular flexibility index (Phi) is 12.4. The second-order valence-corrected chi connectivity index (χ2v) is 7.22. The lowest BCUT2D eigenvalue weighted by Gasteiger charge is -2.18. The lowest BCUT2D eigenvalue weighted by molar-refractivity contribution is 0.254. The van der Waals surface area contributed by atoms with Crippen LogP contribution < -0.4 is 20.1 Å². The highest BCUT2D eigenvalue weighted by molar-refractivity contribution is 14.0. The average molecular weight is 518 g/mol. The smallest absolute Gasteiger partial charge is 0.191 e. The van der Waals surface area contributed by atoms with Gasteiger partial charge in [-0.1, -0.05) is 13.8 Å². The molecule has 1 aliphatic rings. The molecule has 0 saturated carbocycles. The minimum Gasteiger partial charge on any atom is -0.494 e. The van der Waals surface area contributed by atoms with Crippen LogP contribution in [0, 0.1) is 0 Å². The number of benzene rings is 1. The van der Waals surface area contributed by atoms with E-state index in [0.717, 1.165) is 62.0 Å². The molecule has 1 aromatic carbocycles. The predicted octanol–water partition coefficient (Wildman–Crippen LogP) is 3.81. The van der Waals surface area contributed by atoms with Crippen LogP contribution in [-0.4, -0.2) is 56.8 Å². The summed E-state index contributed by atoms with van der Waals surface area (Å²) >= 11 is 0. The van der Waals surface area contributed by atoms with E-state index in [-0.39, 0.29) is 30.1 Å². The Balaban J connectivity index is 0.00000420. The quantitative estimate of drug-likeness (QED) is 0.202. The van der Waals surface area contributed by atoms with Crippen LogP contribution in [0.3, 0.4) is 0 Å². The standard InChI is InChI=1S/C22H38N4O2.HI/c1-6-26(7-2)12-10-9-11-24-22(23-5)25-16-19-15-21-18(13-17(4)28-21)14-20(19)27-8-3;/h14-15,17H,6-13,16H2,1-5H3,(H2,23,24,25);1H. The van der Waals surface area contributed by atoms with E-state index < -0.39 is 0 Å². The maximum atomic E-state index is 5.91.